The zero-order valence-electron chi connectivity index (χ0n) is 10.2. The topological polar surface area (TPSA) is 24.9 Å². The molecular weight excluding hydrogens is 332 g/mol. The Balaban J connectivity index is 2.21. The maximum absolute atomic E-state index is 6.21. The minimum absolute atomic E-state index is 0.604. The molecule has 2 nitrogen and oxygen atoms in total. The largest absolute Gasteiger partial charge is 0.361 e. The first-order valence-electron chi connectivity index (χ1n) is 5.71. The molecule has 1 heterocycles. The smallest absolute Gasteiger partial charge is 0.183 e. The van der Waals surface area contributed by atoms with E-state index in [4.69, 9.17) is 11.6 Å². The van der Waals surface area contributed by atoms with Crippen LogP contribution in [-0.4, -0.2) is 11.5 Å². The molecular formula is C13H14BrClN2S. The summed E-state index contributed by atoms with van der Waals surface area (Å²) >= 11 is 11.3. The summed E-state index contributed by atoms with van der Waals surface area (Å²) in [4.78, 5) is 5.45. The minimum Gasteiger partial charge on any atom is -0.361 e. The van der Waals surface area contributed by atoms with Gasteiger partial charge in [-0.3, -0.25) is 0 Å². The summed E-state index contributed by atoms with van der Waals surface area (Å²) in [6.07, 6.45) is 1.86. The van der Waals surface area contributed by atoms with Gasteiger partial charge in [-0.1, -0.05) is 52.7 Å². The molecule has 0 saturated carbocycles. The molecule has 2 aromatic rings. The van der Waals surface area contributed by atoms with Crippen molar-refractivity contribution in [2.24, 2.45) is 5.92 Å². The normalized spacial score (nSPS) is 10.9. The Bertz CT molecular complexity index is 540. The van der Waals surface area contributed by atoms with Crippen molar-refractivity contribution in [3.63, 3.8) is 0 Å². The third-order valence-electron chi connectivity index (χ3n) is 2.36. The molecule has 0 atom stereocenters. The van der Waals surface area contributed by atoms with Gasteiger partial charge in [-0.05, 0) is 24.1 Å². The van der Waals surface area contributed by atoms with E-state index >= 15 is 0 Å². The van der Waals surface area contributed by atoms with E-state index in [1.807, 2.05) is 24.4 Å². The van der Waals surface area contributed by atoms with Gasteiger partial charge in [0.15, 0.2) is 5.13 Å². The number of benzene rings is 1. The Kier molecular flexibility index (Phi) is 4.65. The Labute approximate surface area is 125 Å². The molecule has 0 aliphatic rings. The molecule has 1 N–H and O–H groups in total. The molecule has 0 spiro atoms. The van der Waals surface area contributed by atoms with E-state index in [0.717, 1.165) is 31.6 Å². The van der Waals surface area contributed by atoms with Crippen LogP contribution in [0.5, 0.6) is 0 Å². The summed E-state index contributed by atoms with van der Waals surface area (Å²) in [6.45, 7) is 5.28. The molecule has 96 valence electrons. The first-order chi connectivity index (χ1) is 8.56. The van der Waals surface area contributed by atoms with E-state index in [1.54, 1.807) is 11.3 Å². The fraction of sp³-hybridized carbons (Fsp3) is 0.308. The number of nitrogens with one attached hydrogen (secondary N) is 1. The number of thiazole rings is 1. The van der Waals surface area contributed by atoms with Gasteiger partial charge in [-0.15, -0.1) is 0 Å². The van der Waals surface area contributed by atoms with Crippen molar-refractivity contribution < 1.29 is 0 Å². The molecule has 0 unspecified atom stereocenters. The van der Waals surface area contributed by atoms with Gasteiger partial charge in [-0.25, -0.2) is 4.98 Å². The highest BCUT2D eigenvalue weighted by Crippen LogP contribution is 2.35. The number of halogens is 2. The Morgan fingerprint density at radius 2 is 2.22 bits per heavy atom. The second kappa shape index (κ2) is 6.04. The highest BCUT2D eigenvalue weighted by Gasteiger charge is 2.09. The first-order valence-corrected chi connectivity index (χ1v) is 7.70. The third kappa shape index (κ3) is 3.46. The summed E-state index contributed by atoms with van der Waals surface area (Å²) in [5.74, 6) is 0.604. The van der Waals surface area contributed by atoms with Gasteiger partial charge in [0.25, 0.3) is 0 Å². The van der Waals surface area contributed by atoms with E-state index in [2.05, 4.69) is 40.1 Å². The molecule has 2 rings (SSSR count). The zero-order valence-corrected chi connectivity index (χ0v) is 13.4. The van der Waals surface area contributed by atoms with Crippen LogP contribution in [0, 0.1) is 5.92 Å². The highest BCUT2D eigenvalue weighted by atomic mass is 79.9. The van der Waals surface area contributed by atoms with Crippen LogP contribution in [-0.2, 0) is 0 Å². The molecule has 1 aromatic heterocycles. The van der Waals surface area contributed by atoms with E-state index in [-0.39, 0.29) is 0 Å². The van der Waals surface area contributed by atoms with Crippen LogP contribution in [0.1, 0.15) is 13.8 Å². The lowest BCUT2D eigenvalue weighted by atomic mass is 10.2. The van der Waals surface area contributed by atoms with Gasteiger partial charge < -0.3 is 5.32 Å². The van der Waals surface area contributed by atoms with Crippen molar-refractivity contribution in [3.05, 3.63) is 33.9 Å². The molecule has 18 heavy (non-hydrogen) atoms. The number of rotatable bonds is 4. The average molecular weight is 346 g/mol. The van der Waals surface area contributed by atoms with E-state index in [1.165, 1.54) is 0 Å². The van der Waals surface area contributed by atoms with Gasteiger partial charge in [0, 0.05) is 27.8 Å². The zero-order chi connectivity index (χ0) is 13.1. The standard InChI is InChI=1S/C13H14BrClN2S/c1-8(2)6-16-13-17-7-12(18-13)10-5-9(14)3-4-11(10)15/h3-5,7-8H,6H2,1-2H3,(H,16,17). The van der Waals surface area contributed by atoms with Gasteiger partial charge >= 0.3 is 0 Å². The minimum atomic E-state index is 0.604. The lowest BCUT2D eigenvalue weighted by Crippen LogP contribution is -2.07. The van der Waals surface area contributed by atoms with Crippen LogP contribution in [0.3, 0.4) is 0 Å². The quantitative estimate of drug-likeness (QED) is 0.814. The van der Waals surface area contributed by atoms with Crippen molar-refractivity contribution in [2.75, 3.05) is 11.9 Å². The van der Waals surface area contributed by atoms with Crippen LogP contribution in [0.4, 0.5) is 5.13 Å². The lowest BCUT2D eigenvalue weighted by molar-refractivity contribution is 0.688. The summed E-state index contributed by atoms with van der Waals surface area (Å²) < 4.78 is 1.02. The maximum atomic E-state index is 6.21. The molecule has 0 saturated heterocycles. The number of anilines is 1. The molecule has 0 radical (unpaired) electrons. The Hall–Kier alpha value is -0.580. The van der Waals surface area contributed by atoms with Crippen LogP contribution in [0.15, 0.2) is 28.9 Å². The van der Waals surface area contributed by atoms with Gasteiger partial charge in [0.1, 0.15) is 0 Å². The predicted molar refractivity (Wildman–Crippen MR) is 83.6 cm³/mol. The second-order valence-corrected chi connectivity index (χ2v) is 6.78. The summed E-state index contributed by atoms with van der Waals surface area (Å²) in [6, 6.07) is 5.84. The summed E-state index contributed by atoms with van der Waals surface area (Å²) in [7, 11) is 0. The molecule has 0 fully saturated rings. The Morgan fingerprint density at radius 1 is 1.44 bits per heavy atom. The van der Waals surface area contributed by atoms with Crippen molar-refractivity contribution in [1.82, 2.24) is 4.98 Å². The molecule has 0 aliphatic heterocycles. The summed E-state index contributed by atoms with van der Waals surface area (Å²) in [5.41, 5.74) is 1.01. The van der Waals surface area contributed by atoms with E-state index in [9.17, 15) is 0 Å². The summed E-state index contributed by atoms with van der Waals surface area (Å²) in [5, 5.41) is 5.01. The Morgan fingerprint density at radius 3 is 2.94 bits per heavy atom. The number of hydrogen-bond acceptors (Lipinski definition) is 3. The van der Waals surface area contributed by atoms with Crippen LogP contribution < -0.4 is 5.32 Å². The first kappa shape index (κ1) is 13.8. The average Bonchev–Trinajstić information content (AvgIpc) is 2.78. The predicted octanol–water partition coefficient (Wildman–Crippen LogP) is 5.29. The SMILES string of the molecule is CC(C)CNc1ncc(-c2cc(Br)ccc2Cl)s1. The van der Waals surface area contributed by atoms with E-state index < -0.39 is 0 Å². The van der Waals surface area contributed by atoms with Crippen molar-refractivity contribution in [1.29, 1.82) is 0 Å². The van der Waals surface area contributed by atoms with Crippen molar-refractivity contribution in [2.45, 2.75) is 13.8 Å². The highest BCUT2D eigenvalue weighted by molar-refractivity contribution is 9.10. The maximum Gasteiger partial charge on any atom is 0.183 e. The molecule has 0 aliphatic carbocycles. The third-order valence-corrected chi connectivity index (χ3v) is 4.17. The van der Waals surface area contributed by atoms with Crippen LogP contribution in [0.2, 0.25) is 5.02 Å². The fourth-order valence-corrected chi connectivity index (χ4v) is 2.95. The number of aromatic nitrogens is 1. The number of nitrogens with zero attached hydrogens (tertiary/aromatic N) is 1. The molecule has 5 heteroatoms. The monoisotopic (exact) mass is 344 g/mol. The van der Waals surface area contributed by atoms with Crippen molar-refractivity contribution in [3.8, 4) is 10.4 Å². The molecule has 1 aromatic carbocycles. The van der Waals surface area contributed by atoms with Crippen molar-refractivity contribution >= 4 is 44.0 Å². The molecule has 0 bridgehead atoms. The van der Waals surface area contributed by atoms with Gasteiger partial charge in [0.05, 0.1) is 4.88 Å². The number of hydrogen-bond donors (Lipinski definition) is 1. The van der Waals surface area contributed by atoms with Gasteiger partial charge in [-0.2, -0.15) is 0 Å². The fourth-order valence-electron chi connectivity index (χ4n) is 1.46. The molecule has 0 amide bonds. The lowest BCUT2D eigenvalue weighted by Gasteiger charge is -2.04. The van der Waals surface area contributed by atoms with Crippen LogP contribution >= 0.6 is 38.9 Å². The van der Waals surface area contributed by atoms with Gasteiger partial charge in [0.2, 0.25) is 0 Å². The van der Waals surface area contributed by atoms with E-state index in [0.29, 0.717) is 5.92 Å². The second-order valence-electron chi connectivity index (χ2n) is 4.43. The van der Waals surface area contributed by atoms with Crippen LogP contribution in [0.25, 0.3) is 10.4 Å².